The number of aryl methyl sites for hydroxylation is 1. The zero-order valence-corrected chi connectivity index (χ0v) is 36.3. The van der Waals surface area contributed by atoms with E-state index in [1.807, 2.05) is 22.9 Å². The zero-order valence-electron chi connectivity index (χ0n) is 36.3. The number of amides is 3. The predicted molar refractivity (Wildman–Crippen MR) is 238 cm³/mol. The number of nitrogens with one attached hydrogen (secondary N) is 2. The number of benzene rings is 4. The summed E-state index contributed by atoms with van der Waals surface area (Å²) in [6, 6.07) is 19.2. The average Bonchev–Trinajstić information content (AvgIpc) is 3.86. The van der Waals surface area contributed by atoms with Crippen LogP contribution >= 0.6 is 0 Å². The number of hydrogen-bond donors (Lipinski definition) is 2. The molecule has 1 aliphatic carbocycles. The highest BCUT2D eigenvalue weighted by Crippen LogP contribution is 2.34. The maximum absolute atomic E-state index is 15.0. The largest absolute Gasteiger partial charge is 0.497 e. The third-order valence-electron chi connectivity index (χ3n) is 13.3. The third-order valence-corrected chi connectivity index (χ3v) is 13.3. The van der Waals surface area contributed by atoms with Gasteiger partial charge in [-0.3, -0.25) is 38.4 Å². The molecule has 17 heteroatoms. The number of halogens is 3. The highest BCUT2D eigenvalue weighted by atomic mass is 19.2. The summed E-state index contributed by atoms with van der Waals surface area (Å²) in [5.74, 6) is -5.98. The Morgan fingerprint density at radius 1 is 0.862 bits per heavy atom. The van der Waals surface area contributed by atoms with E-state index in [9.17, 15) is 28.0 Å². The second kappa shape index (κ2) is 18.5. The van der Waals surface area contributed by atoms with Gasteiger partial charge in [0.05, 0.1) is 35.3 Å². The van der Waals surface area contributed by atoms with Gasteiger partial charge in [0.1, 0.15) is 18.4 Å². The molecule has 0 radical (unpaired) electrons. The molecule has 14 nitrogen and oxygen atoms in total. The van der Waals surface area contributed by atoms with Gasteiger partial charge < -0.3 is 19.7 Å². The highest BCUT2D eigenvalue weighted by molar-refractivity contribution is 6.00. The maximum Gasteiger partial charge on any atom is 0.329 e. The zero-order chi connectivity index (χ0) is 45.4. The van der Waals surface area contributed by atoms with Crippen LogP contribution in [0.2, 0.25) is 0 Å². The van der Waals surface area contributed by atoms with E-state index >= 15 is 4.39 Å². The first-order chi connectivity index (χ1) is 31.4. The Hall–Kier alpha value is -6.62. The predicted octanol–water partition coefficient (Wildman–Crippen LogP) is 6.20. The van der Waals surface area contributed by atoms with E-state index in [4.69, 9.17) is 14.6 Å². The summed E-state index contributed by atoms with van der Waals surface area (Å²) in [7, 11) is 3.23. The van der Waals surface area contributed by atoms with Crippen LogP contribution in [0.15, 0.2) is 77.7 Å². The molecule has 3 amide bonds. The molecule has 1 atom stereocenters. The lowest BCUT2D eigenvalue weighted by Crippen LogP contribution is -2.47. The van der Waals surface area contributed by atoms with E-state index in [1.165, 1.54) is 11.7 Å². The van der Waals surface area contributed by atoms with Gasteiger partial charge in [0.15, 0.2) is 17.4 Å². The van der Waals surface area contributed by atoms with Crippen molar-refractivity contribution in [1.82, 2.24) is 34.4 Å². The SMILES string of the molecule is COc1ccc(COc2c(F)cc(C(=O)NCC3CCC(n4cc5ccc(N6CCN(CCc7ccc8c(c7)n(C)c(=O)n8C7CCC(=O)NC7=O)CC6)cc5n4)CC3)c(F)c2F)cc1. The monoisotopic (exact) mass is 892 g/mol. The molecule has 3 aliphatic rings. The topological polar surface area (TPSA) is 145 Å². The number of aromatic nitrogens is 4. The molecule has 0 bridgehead atoms. The maximum atomic E-state index is 15.0. The molecule has 4 heterocycles. The van der Waals surface area contributed by atoms with Crippen LogP contribution in [0.1, 0.15) is 72.1 Å². The van der Waals surface area contributed by atoms with Gasteiger partial charge in [0.2, 0.25) is 17.6 Å². The number of imide groups is 1. The summed E-state index contributed by atoms with van der Waals surface area (Å²) >= 11 is 0. The van der Waals surface area contributed by atoms with Crippen LogP contribution in [0.25, 0.3) is 21.9 Å². The number of piperidine rings is 1. The molecule has 340 valence electrons. The molecule has 65 heavy (non-hydrogen) atoms. The smallest absolute Gasteiger partial charge is 0.329 e. The first-order valence-corrected chi connectivity index (χ1v) is 22.1. The molecule has 0 spiro atoms. The fraction of sp³-hybridized carbons (Fsp3) is 0.396. The third kappa shape index (κ3) is 9.06. The fourth-order valence-electron chi connectivity index (χ4n) is 9.42. The van der Waals surface area contributed by atoms with Gasteiger partial charge in [-0.2, -0.15) is 9.49 Å². The van der Waals surface area contributed by atoms with Crippen LogP contribution in [0, 0.1) is 23.4 Å². The minimum atomic E-state index is -1.55. The summed E-state index contributed by atoms with van der Waals surface area (Å²) in [6.07, 6.45) is 6.67. The van der Waals surface area contributed by atoms with Gasteiger partial charge in [0, 0.05) is 70.0 Å². The molecule has 3 fully saturated rings. The van der Waals surface area contributed by atoms with Crippen LogP contribution in [-0.2, 0) is 29.7 Å². The van der Waals surface area contributed by atoms with Crippen LogP contribution in [0.3, 0.4) is 0 Å². The quantitative estimate of drug-likeness (QED) is 0.102. The van der Waals surface area contributed by atoms with E-state index in [0.717, 1.165) is 92.5 Å². The first kappa shape index (κ1) is 43.6. The molecule has 2 saturated heterocycles. The number of nitrogens with zero attached hydrogens (tertiary/aromatic N) is 6. The number of ether oxygens (including phenoxy) is 2. The van der Waals surface area contributed by atoms with E-state index in [0.29, 0.717) is 29.3 Å². The highest BCUT2D eigenvalue weighted by Gasteiger charge is 2.32. The molecule has 2 aliphatic heterocycles. The van der Waals surface area contributed by atoms with E-state index in [1.54, 1.807) is 35.9 Å². The van der Waals surface area contributed by atoms with E-state index in [2.05, 4.69) is 44.8 Å². The van der Waals surface area contributed by atoms with Gasteiger partial charge in [-0.25, -0.2) is 13.6 Å². The molecule has 9 rings (SSSR count). The van der Waals surface area contributed by atoms with E-state index in [-0.39, 0.29) is 43.1 Å². The molecular weight excluding hydrogens is 842 g/mol. The average molecular weight is 893 g/mol. The van der Waals surface area contributed by atoms with Crippen molar-refractivity contribution in [2.75, 3.05) is 51.3 Å². The number of imidazole rings is 1. The number of anilines is 1. The van der Waals surface area contributed by atoms with Crippen molar-refractivity contribution in [3.8, 4) is 11.5 Å². The van der Waals surface area contributed by atoms with Gasteiger partial charge in [-0.15, -0.1) is 0 Å². The molecule has 1 saturated carbocycles. The van der Waals surface area contributed by atoms with Crippen LogP contribution in [0.4, 0.5) is 18.9 Å². The molecule has 1 unspecified atom stereocenters. The normalized spacial score (nSPS) is 19.5. The first-order valence-electron chi connectivity index (χ1n) is 22.1. The van der Waals surface area contributed by atoms with Crippen LogP contribution < -0.4 is 30.7 Å². The number of fused-ring (bicyclic) bond motifs is 2. The minimum Gasteiger partial charge on any atom is -0.497 e. The Morgan fingerprint density at radius 3 is 2.35 bits per heavy atom. The van der Waals surface area contributed by atoms with Gasteiger partial charge in [-0.05, 0) is 104 Å². The number of carbonyl (C=O) groups is 3. The lowest BCUT2D eigenvalue weighted by molar-refractivity contribution is -0.135. The summed E-state index contributed by atoms with van der Waals surface area (Å²) in [5, 5.41) is 11.1. The number of rotatable bonds is 13. The van der Waals surface area contributed by atoms with Crippen molar-refractivity contribution in [1.29, 1.82) is 0 Å². The number of piperazine rings is 1. The van der Waals surface area contributed by atoms with Crippen molar-refractivity contribution in [3.63, 3.8) is 0 Å². The fourth-order valence-corrected chi connectivity index (χ4v) is 9.42. The Bertz CT molecular complexity index is 2820. The van der Waals surface area contributed by atoms with Gasteiger partial charge >= 0.3 is 5.69 Å². The Kier molecular flexibility index (Phi) is 12.4. The second-order valence-electron chi connectivity index (χ2n) is 17.3. The summed E-state index contributed by atoms with van der Waals surface area (Å²) in [6.45, 7) is 4.46. The van der Waals surface area contributed by atoms with Crippen molar-refractivity contribution in [2.45, 2.75) is 63.6 Å². The summed E-state index contributed by atoms with van der Waals surface area (Å²) in [5.41, 5.74) is 4.22. The Balaban J connectivity index is 0.737. The summed E-state index contributed by atoms with van der Waals surface area (Å²) in [4.78, 5) is 55.2. The molecule has 2 N–H and O–H groups in total. The minimum absolute atomic E-state index is 0.119. The van der Waals surface area contributed by atoms with Crippen molar-refractivity contribution >= 4 is 45.3 Å². The summed E-state index contributed by atoms with van der Waals surface area (Å²) < 4.78 is 60.3. The second-order valence-corrected chi connectivity index (χ2v) is 17.3. The van der Waals surface area contributed by atoms with Crippen LogP contribution in [-0.4, -0.2) is 87.9 Å². The molecule has 4 aromatic carbocycles. The Labute approximate surface area is 372 Å². The number of methoxy groups -OCH3 is 1. The Morgan fingerprint density at radius 2 is 1.62 bits per heavy atom. The van der Waals surface area contributed by atoms with E-state index < -0.39 is 46.6 Å². The van der Waals surface area contributed by atoms with Crippen molar-refractivity contribution in [2.24, 2.45) is 13.0 Å². The lowest BCUT2D eigenvalue weighted by atomic mass is 9.86. The van der Waals surface area contributed by atoms with Gasteiger partial charge in [-0.1, -0.05) is 18.2 Å². The number of carbonyl (C=O) groups excluding carboxylic acids is 3. The van der Waals surface area contributed by atoms with Crippen LogP contribution in [0.5, 0.6) is 11.5 Å². The van der Waals surface area contributed by atoms with Gasteiger partial charge in [0.25, 0.3) is 5.91 Å². The number of hydrogen-bond acceptors (Lipinski definition) is 9. The standard InChI is InChI=1S/C48H51F3N8O6/c1-55-41-23-29(7-14-39(41)59(48(55)63)40-15-16-42(60)53-47(40)62)17-18-56-19-21-57(22-20-56)34-11-8-32-27-58(54-38(32)24-34)33-9-3-30(4-10-33)26-52-46(61)36-25-37(49)45(44(51)43(36)50)65-28-31-5-12-35(64-2)13-6-31/h5-8,11-14,23-25,27,30,33,40H,3-4,9-10,15-22,26,28H2,1-2H3,(H,52,61)(H,53,60,62). The van der Waals surface area contributed by atoms with Crippen molar-refractivity contribution < 1.29 is 37.0 Å². The molecular formula is C48H51F3N8O6. The molecule has 6 aromatic rings. The molecule has 2 aromatic heterocycles. The lowest BCUT2D eigenvalue weighted by Gasteiger charge is -2.36. The van der Waals surface area contributed by atoms with Crippen molar-refractivity contribution in [3.05, 3.63) is 118 Å².